The quantitative estimate of drug-likeness (QED) is 0.232. The molecule has 0 bridgehead atoms. The number of fused-ring (bicyclic) bond motifs is 6. The third kappa shape index (κ3) is 2.00. The van der Waals surface area contributed by atoms with Crippen LogP contribution in [0.2, 0.25) is 0 Å². The average molecular weight is 339 g/mol. The van der Waals surface area contributed by atoms with Crippen molar-refractivity contribution in [3.05, 3.63) is 82.4 Å². The Bertz CT molecular complexity index is 1230. The first kappa shape index (κ1) is 14.8. The van der Waals surface area contributed by atoms with Crippen LogP contribution in [0.25, 0.3) is 43.5 Å². The van der Waals surface area contributed by atoms with Crippen molar-refractivity contribution in [2.24, 2.45) is 5.11 Å². The highest BCUT2D eigenvalue weighted by molar-refractivity contribution is 6.04. The van der Waals surface area contributed by atoms with Crippen LogP contribution < -0.4 is 0 Å². The molecular weight excluding hydrogens is 326 g/mol. The Labute approximate surface area is 148 Å². The molecule has 0 aliphatic heterocycles. The van der Waals surface area contributed by atoms with E-state index in [9.17, 15) is 5.11 Å². The van der Waals surface area contributed by atoms with Crippen LogP contribution in [-0.2, 0) is 0 Å². The van der Waals surface area contributed by atoms with Gasteiger partial charge in [-0.3, -0.25) is 0 Å². The number of hydrogen-bond acceptors (Lipinski definition) is 4. The van der Waals surface area contributed by atoms with Gasteiger partial charge in [-0.05, 0) is 22.5 Å². The van der Waals surface area contributed by atoms with Gasteiger partial charge in [0.15, 0.2) is 0 Å². The van der Waals surface area contributed by atoms with E-state index in [0.717, 1.165) is 27.4 Å². The molecule has 4 aromatic rings. The SMILES string of the molecule is [N-]=[N+]=NC1c2nc3c(ccc4ccccc43)nc2-c2ccccc2[C@H]1O. The second kappa shape index (κ2) is 5.52. The zero-order chi connectivity index (χ0) is 17.7. The third-order valence-corrected chi connectivity index (χ3v) is 4.88. The van der Waals surface area contributed by atoms with Crippen LogP contribution in [0.1, 0.15) is 23.4 Å². The lowest BCUT2D eigenvalue weighted by molar-refractivity contribution is 0.143. The van der Waals surface area contributed by atoms with E-state index in [1.165, 1.54) is 0 Å². The number of azide groups is 1. The molecule has 0 saturated heterocycles. The van der Waals surface area contributed by atoms with Crippen LogP contribution in [0, 0.1) is 0 Å². The smallest absolute Gasteiger partial charge is 0.112 e. The second-order valence-corrected chi connectivity index (χ2v) is 6.29. The van der Waals surface area contributed by atoms with Gasteiger partial charge in [-0.25, -0.2) is 9.97 Å². The predicted octanol–water partition coefficient (Wildman–Crippen LogP) is 4.85. The Hall–Kier alpha value is -3.47. The van der Waals surface area contributed by atoms with E-state index < -0.39 is 12.1 Å². The summed E-state index contributed by atoms with van der Waals surface area (Å²) >= 11 is 0. The summed E-state index contributed by atoms with van der Waals surface area (Å²) in [4.78, 5) is 12.5. The summed E-state index contributed by atoms with van der Waals surface area (Å²) in [6, 6.07) is 18.6. The topological polar surface area (TPSA) is 94.8 Å². The highest BCUT2D eigenvalue weighted by atomic mass is 16.3. The lowest BCUT2D eigenvalue weighted by Crippen LogP contribution is -2.18. The monoisotopic (exact) mass is 339 g/mol. The van der Waals surface area contributed by atoms with Gasteiger partial charge in [0.1, 0.15) is 6.04 Å². The van der Waals surface area contributed by atoms with E-state index >= 15 is 0 Å². The zero-order valence-corrected chi connectivity index (χ0v) is 13.6. The fraction of sp³-hybridized carbons (Fsp3) is 0.100. The molecule has 0 spiro atoms. The molecule has 1 aliphatic rings. The molecular formula is C20H13N5O. The lowest BCUT2D eigenvalue weighted by Gasteiger charge is -2.28. The Morgan fingerprint density at radius 1 is 0.962 bits per heavy atom. The minimum atomic E-state index is -0.948. The van der Waals surface area contributed by atoms with Crippen LogP contribution in [0.3, 0.4) is 0 Å². The first-order valence-electron chi connectivity index (χ1n) is 8.29. The van der Waals surface area contributed by atoms with Crippen LogP contribution in [0.5, 0.6) is 0 Å². The second-order valence-electron chi connectivity index (χ2n) is 6.29. The lowest BCUT2D eigenvalue weighted by atomic mass is 9.86. The summed E-state index contributed by atoms with van der Waals surface area (Å²) in [7, 11) is 0. The van der Waals surface area contributed by atoms with E-state index in [1.807, 2.05) is 60.7 Å². The van der Waals surface area contributed by atoms with E-state index in [2.05, 4.69) is 10.0 Å². The molecule has 0 fully saturated rings. The molecule has 3 aromatic carbocycles. The van der Waals surface area contributed by atoms with E-state index in [0.29, 0.717) is 17.0 Å². The number of hydrogen-bond donors (Lipinski definition) is 1. The van der Waals surface area contributed by atoms with E-state index in [-0.39, 0.29) is 0 Å². The maximum absolute atomic E-state index is 10.8. The molecule has 0 amide bonds. The molecule has 1 heterocycles. The van der Waals surface area contributed by atoms with Gasteiger partial charge in [-0.2, -0.15) is 0 Å². The van der Waals surface area contributed by atoms with Crippen molar-refractivity contribution in [3.8, 4) is 11.3 Å². The molecule has 2 atom stereocenters. The molecule has 1 unspecified atom stereocenters. The minimum Gasteiger partial charge on any atom is -0.388 e. The van der Waals surface area contributed by atoms with Gasteiger partial charge in [0.05, 0.1) is 28.5 Å². The minimum absolute atomic E-state index is 0.512. The van der Waals surface area contributed by atoms with Gasteiger partial charge in [-0.15, -0.1) is 0 Å². The summed E-state index contributed by atoms with van der Waals surface area (Å²) in [6.45, 7) is 0. The fourth-order valence-electron chi connectivity index (χ4n) is 3.67. The molecule has 26 heavy (non-hydrogen) atoms. The molecule has 1 N–H and O–H groups in total. The van der Waals surface area contributed by atoms with Gasteiger partial charge in [-0.1, -0.05) is 59.7 Å². The first-order chi connectivity index (χ1) is 12.8. The first-order valence-corrected chi connectivity index (χ1v) is 8.29. The number of aliphatic hydroxyl groups is 1. The van der Waals surface area contributed by atoms with E-state index in [1.54, 1.807) is 0 Å². The van der Waals surface area contributed by atoms with Gasteiger partial charge < -0.3 is 5.11 Å². The fourth-order valence-corrected chi connectivity index (χ4v) is 3.67. The van der Waals surface area contributed by atoms with Crippen molar-refractivity contribution in [2.75, 3.05) is 0 Å². The van der Waals surface area contributed by atoms with Crippen molar-refractivity contribution >= 4 is 21.8 Å². The van der Waals surface area contributed by atoms with Crippen molar-refractivity contribution < 1.29 is 5.11 Å². The Morgan fingerprint density at radius 2 is 1.77 bits per heavy atom. The molecule has 124 valence electrons. The molecule has 1 aliphatic carbocycles. The number of rotatable bonds is 1. The third-order valence-electron chi connectivity index (χ3n) is 4.88. The Balaban J connectivity index is 1.91. The summed E-state index contributed by atoms with van der Waals surface area (Å²) < 4.78 is 0. The number of aromatic nitrogens is 2. The molecule has 0 saturated carbocycles. The molecule has 6 nitrogen and oxygen atoms in total. The number of nitrogens with zero attached hydrogens (tertiary/aromatic N) is 5. The average Bonchev–Trinajstić information content (AvgIpc) is 2.70. The van der Waals surface area contributed by atoms with Gasteiger partial charge >= 0.3 is 0 Å². The van der Waals surface area contributed by atoms with Crippen LogP contribution in [-0.4, -0.2) is 15.1 Å². The highest BCUT2D eigenvalue weighted by Crippen LogP contribution is 2.45. The molecule has 6 heteroatoms. The van der Waals surface area contributed by atoms with Gasteiger partial charge in [0, 0.05) is 15.9 Å². The van der Waals surface area contributed by atoms with Crippen molar-refractivity contribution in [3.63, 3.8) is 0 Å². The summed E-state index contributed by atoms with van der Waals surface area (Å²) in [5.74, 6) is 0. The molecule has 1 aromatic heterocycles. The predicted molar refractivity (Wildman–Crippen MR) is 99.3 cm³/mol. The standard InChI is InChI=1S/C20H13N5O/c21-25-24-19-18-17(13-7-3-4-8-14(13)20(19)26)22-15-10-9-11-5-1-2-6-12(11)16(15)23-18/h1-10,19-20,26H/t19?,20-/m1/s1. The van der Waals surface area contributed by atoms with Gasteiger partial charge in [0.2, 0.25) is 0 Å². The molecule has 5 rings (SSSR count). The Morgan fingerprint density at radius 3 is 2.65 bits per heavy atom. The highest BCUT2D eigenvalue weighted by Gasteiger charge is 2.34. The maximum Gasteiger partial charge on any atom is 0.112 e. The summed E-state index contributed by atoms with van der Waals surface area (Å²) in [5.41, 5.74) is 13.2. The van der Waals surface area contributed by atoms with Crippen LogP contribution >= 0.6 is 0 Å². The van der Waals surface area contributed by atoms with Crippen LogP contribution in [0.15, 0.2) is 65.8 Å². The van der Waals surface area contributed by atoms with Crippen molar-refractivity contribution in [2.45, 2.75) is 12.1 Å². The van der Waals surface area contributed by atoms with Crippen molar-refractivity contribution in [1.29, 1.82) is 0 Å². The number of aliphatic hydroxyl groups excluding tert-OH is 1. The van der Waals surface area contributed by atoms with Crippen molar-refractivity contribution in [1.82, 2.24) is 9.97 Å². The molecule has 0 radical (unpaired) electrons. The Kier molecular flexibility index (Phi) is 3.15. The zero-order valence-electron chi connectivity index (χ0n) is 13.6. The maximum atomic E-state index is 10.8. The number of benzene rings is 3. The van der Waals surface area contributed by atoms with Crippen LogP contribution in [0.4, 0.5) is 0 Å². The summed E-state index contributed by atoms with van der Waals surface area (Å²) in [6.07, 6.45) is -0.948. The summed E-state index contributed by atoms with van der Waals surface area (Å²) in [5, 5.41) is 16.6. The normalized spacial score (nSPS) is 18.2. The largest absolute Gasteiger partial charge is 0.388 e. The van der Waals surface area contributed by atoms with E-state index in [4.69, 9.17) is 15.5 Å². The van der Waals surface area contributed by atoms with Gasteiger partial charge in [0.25, 0.3) is 0 Å².